The summed E-state index contributed by atoms with van der Waals surface area (Å²) in [7, 11) is 1.97. The third kappa shape index (κ3) is 3.69. The van der Waals surface area contributed by atoms with Crippen molar-refractivity contribution >= 4 is 49.9 Å². The topological polar surface area (TPSA) is 46.4 Å². The van der Waals surface area contributed by atoms with Crippen molar-refractivity contribution in [3.05, 3.63) is 66.2 Å². The predicted molar refractivity (Wildman–Crippen MR) is 92.1 cm³/mol. The lowest BCUT2D eigenvalue weighted by molar-refractivity contribution is -0.385. The van der Waals surface area contributed by atoms with Crippen molar-refractivity contribution in [2.75, 3.05) is 11.9 Å². The van der Waals surface area contributed by atoms with Gasteiger partial charge in [0.2, 0.25) is 0 Å². The largest absolute Gasteiger partial charge is 0.370 e. The maximum absolute atomic E-state index is 10.8. The fraction of sp³-hybridized carbons (Fsp3) is 0.143. The number of hydrogen-bond acceptors (Lipinski definition) is 3. The second-order valence-electron chi connectivity index (χ2n) is 4.38. The first kappa shape index (κ1) is 15.2. The molecular weight excluding hydrogens is 435 g/mol. The lowest BCUT2D eigenvalue weighted by Gasteiger charge is -2.19. The van der Waals surface area contributed by atoms with E-state index in [1.807, 2.05) is 47.8 Å². The molecule has 0 fully saturated rings. The van der Waals surface area contributed by atoms with Gasteiger partial charge in [0.25, 0.3) is 5.69 Å². The van der Waals surface area contributed by atoms with Crippen molar-refractivity contribution in [3.63, 3.8) is 0 Å². The minimum Gasteiger partial charge on any atom is -0.370 e. The van der Waals surface area contributed by atoms with Crippen molar-refractivity contribution in [1.82, 2.24) is 0 Å². The summed E-state index contributed by atoms with van der Waals surface area (Å²) in [6.07, 6.45) is 0. The molecule has 0 aromatic heterocycles. The van der Waals surface area contributed by atoms with Crippen molar-refractivity contribution < 1.29 is 4.92 Å². The molecule has 0 radical (unpaired) electrons. The van der Waals surface area contributed by atoms with E-state index in [9.17, 15) is 10.1 Å². The average Bonchev–Trinajstić information content (AvgIpc) is 2.40. The molecule has 2 aromatic carbocycles. The molecule has 0 aliphatic carbocycles. The van der Waals surface area contributed by atoms with Crippen molar-refractivity contribution in [2.24, 2.45) is 0 Å². The summed E-state index contributed by atoms with van der Waals surface area (Å²) in [5.74, 6) is 0. The fourth-order valence-electron chi connectivity index (χ4n) is 1.84. The summed E-state index contributed by atoms with van der Waals surface area (Å²) < 4.78 is 1.70. The lowest BCUT2D eigenvalue weighted by Crippen LogP contribution is -2.16. The molecular formula is C14H12BrIN2O2. The molecule has 0 N–H and O–H groups in total. The lowest BCUT2D eigenvalue weighted by atomic mass is 10.2. The molecule has 0 heterocycles. The van der Waals surface area contributed by atoms with Crippen LogP contribution in [0.5, 0.6) is 0 Å². The Morgan fingerprint density at radius 3 is 2.45 bits per heavy atom. The first-order chi connectivity index (χ1) is 9.47. The number of rotatable bonds is 4. The molecule has 0 aliphatic rings. The monoisotopic (exact) mass is 446 g/mol. The zero-order valence-electron chi connectivity index (χ0n) is 10.7. The van der Waals surface area contributed by atoms with Crippen LogP contribution >= 0.6 is 38.5 Å². The Balaban J connectivity index is 2.17. The molecule has 0 saturated carbocycles. The molecule has 0 atom stereocenters. The SMILES string of the molecule is CN(Cc1ccc(Br)cc1)c1ccc([N+](=O)[O-])c(I)c1. The van der Waals surface area contributed by atoms with E-state index < -0.39 is 0 Å². The van der Waals surface area contributed by atoms with Crippen LogP contribution in [0.25, 0.3) is 0 Å². The Morgan fingerprint density at radius 1 is 1.25 bits per heavy atom. The summed E-state index contributed by atoms with van der Waals surface area (Å²) in [6.45, 7) is 0.751. The van der Waals surface area contributed by atoms with Crippen LogP contribution < -0.4 is 4.90 Å². The molecule has 0 amide bonds. The smallest absolute Gasteiger partial charge is 0.282 e. The number of benzene rings is 2. The van der Waals surface area contributed by atoms with E-state index in [0.29, 0.717) is 3.57 Å². The summed E-state index contributed by atoms with van der Waals surface area (Å²) in [4.78, 5) is 12.5. The third-order valence-corrected chi connectivity index (χ3v) is 4.29. The highest BCUT2D eigenvalue weighted by Gasteiger charge is 2.13. The van der Waals surface area contributed by atoms with E-state index in [2.05, 4.69) is 33.0 Å². The predicted octanol–water partition coefficient (Wildman–Crippen LogP) is 4.60. The maximum Gasteiger partial charge on any atom is 0.282 e. The molecule has 104 valence electrons. The van der Waals surface area contributed by atoms with E-state index in [-0.39, 0.29) is 10.6 Å². The number of nitro groups is 1. The van der Waals surface area contributed by atoms with Gasteiger partial charge in [0.1, 0.15) is 0 Å². The van der Waals surface area contributed by atoms with E-state index in [1.165, 1.54) is 5.56 Å². The Labute approximate surface area is 139 Å². The van der Waals surface area contributed by atoms with Gasteiger partial charge in [-0.2, -0.15) is 0 Å². The van der Waals surface area contributed by atoms with Gasteiger partial charge >= 0.3 is 0 Å². The van der Waals surface area contributed by atoms with Gasteiger partial charge in [-0.05, 0) is 52.4 Å². The van der Waals surface area contributed by atoms with Crippen LogP contribution in [0.15, 0.2) is 46.9 Å². The number of anilines is 1. The van der Waals surface area contributed by atoms with Crippen LogP contribution in [0.4, 0.5) is 11.4 Å². The maximum atomic E-state index is 10.8. The van der Waals surface area contributed by atoms with Crippen molar-refractivity contribution in [1.29, 1.82) is 0 Å². The second kappa shape index (κ2) is 6.53. The van der Waals surface area contributed by atoms with Gasteiger partial charge in [0, 0.05) is 29.8 Å². The summed E-state index contributed by atoms with van der Waals surface area (Å²) in [5, 5.41) is 10.8. The zero-order chi connectivity index (χ0) is 14.7. The Morgan fingerprint density at radius 2 is 1.90 bits per heavy atom. The third-order valence-electron chi connectivity index (χ3n) is 2.90. The van der Waals surface area contributed by atoms with E-state index in [4.69, 9.17) is 0 Å². The standard InChI is InChI=1S/C14H12BrIN2O2/c1-17(9-10-2-4-11(15)5-3-10)12-6-7-14(18(19)20)13(16)8-12/h2-8H,9H2,1H3. The quantitative estimate of drug-likeness (QED) is 0.391. The second-order valence-corrected chi connectivity index (χ2v) is 6.45. The molecule has 2 aromatic rings. The normalized spacial score (nSPS) is 10.3. The van der Waals surface area contributed by atoms with E-state index >= 15 is 0 Å². The Hall–Kier alpha value is -1.15. The highest BCUT2D eigenvalue weighted by atomic mass is 127. The molecule has 20 heavy (non-hydrogen) atoms. The Bertz CT molecular complexity index is 632. The summed E-state index contributed by atoms with van der Waals surface area (Å²) >= 11 is 5.40. The van der Waals surface area contributed by atoms with Gasteiger partial charge in [-0.1, -0.05) is 28.1 Å². The highest BCUT2D eigenvalue weighted by molar-refractivity contribution is 14.1. The number of halogens is 2. The van der Waals surface area contributed by atoms with Crippen LogP contribution in [0, 0.1) is 13.7 Å². The molecule has 0 unspecified atom stereocenters. The number of nitro benzene ring substituents is 1. The highest BCUT2D eigenvalue weighted by Crippen LogP contribution is 2.26. The zero-order valence-corrected chi connectivity index (χ0v) is 14.5. The molecule has 0 saturated heterocycles. The van der Waals surface area contributed by atoms with Crippen LogP contribution in [-0.4, -0.2) is 12.0 Å². The molecule has 0 bridgehead atoms. The average molecular weight is 447 g/mol. The van der Waals surface area contributed by atoms with Gasteiger partial charge in [0.15, 0.2) is 0 Å². The van der Waals surface area contributed by atoms with Crippen molar-refractivity contribution in [2.45, 2.75) is 6.54 Å². The molecule has 0 spiro atoms. The van der Waals surface area contributed by atoms with Gasteiger partial charge < -0.3 is 4.90 Å². The molecule has 4 nitrogen and oxygen atoms in total. The Kier molecular flexibility index (Phi) is 4.98. The fourth-order valence-corrected chi connectivity index (χ4v) is 2.80. The molecule has 6 heteroatoms. The van der Waals surface area contributed by atoms with Crippen molar-refractivity contribution in [3.8, 4) is 0 Å². The molecule has 0 aliphatic heterocycles. The minimum atomic E-state index is -0.361. The van der Waals surface area contributed by atoms with Gasteiger partial charge in [-0.3, -0.25) is 10.1 Å². The summed E-state index contributed by atoms with van der Waals surface area (Å²) in [6, 6.07) is 13.3. The summed E-state index contributed by atoms with van der Waals surface area (Å²) in [5.41, 5.74) is 2.29. The van der Waals surface area contributed by atoms with Crippen LogP contribution in [0.2, 0.25) is 0 Å². The number of hydrogen-bond donors (Lipinski definition) is 0. The number of nitrogens with zero attached hydrogens (tertiary/aromatic N) is 2. The van der Waals surface area contributed by atoms with E-state index in [1.54, 1.807) is 12.1 Å². The van der Waals surface area contributed by atoms with Gasteiger partial charge in [-0.25, -0.2) is 0 Å². The van der Waals surface area contributed by atoms with Crippen LogP contribution in [-0.2, 0) is 6.54 Å². The van der Waals surface area contributed by atoms with Gasteiger partial charge in [0.05, 0.1) is 8.49 Å². The van der Waals surface area contributed by atoms with Gasteiger partial charge in [-0.15, -0.1) is 0 Å². The van der Waals surface area contributed by atoms with Crippen LogP contribution in [0.1, 0.15) is 5.56 Å². The minimum absolute atomic E-state index is 0.145. The first-order valence-corrected chi connectivity index (χ1v) is 7.74. The first-order valence-electron chi connectivity index (χ1n) is 5.87. The van der Waals surface area contributed by atoms with E-state index in [0.717, 1.165) is 16.7 Å². The van der Waals surface area contributed by atoms with Crippen LogP contribution in [0.3, 0.4) is 0 Å². The molecule has 2 rings (SSSR count).